The van der Waals surface area contributed by atoms with Gasteiger partial charge in [0, 0.05) is 0 Å². The molecular weight excluding hydrogens is 394 g/mol. The predicted octanol–water partition coefficient (Wildman–Crippen LogP) is 6.98. The van der Waals surface area contributed by atoms with Gasteiger partial charge in [0.1, 0.15) is 6.10 Å². The highest BCUT2D eigenvalue weighted by atomic mass is 16.5. The van der Waals surface area contributed by atoms with Crippen LogP contribution in [-0.4, -0.2) is 18.6 Å². The quantitative estimate of drug-likeness (QED) is 0.430. The molecule has 2 N–H and O–H groups in total. The van der Waals surface area contributed by atoms with Gasteiger partial charge in [0.25, 0.3) is 0 Å². The fraction of sp³-hybridized carbons (Fsp3) is 0.966. The molecule has 4 fully saturated rings. The third-order valence-electron chi connectivity index (χ3n) is 11.3. The van der Waals surface area contributed by atoms with E-state index in [2.05, 4.69) is 34.6 Å². The maximum atomic E-state index is 11.7. The highest BCUT2D eigenvalue weighted by molar-refractivity contribution is 5.71. The second kappa shape index (κ2) is 9.59. The number of fused-ring (bicyclic) bond motifs is 5. The maximum Gasteiger partial charge on any atom is 0.319 e. The van der Waals surface area contributed by atoms with Crippen molar-refractivity contribution < 1.29 is 9.53 Å². The highest BCUT2D eigenvalue weighted by Gasteiger charge is 2.60. The molecule has 0 aromatic rings. The molecule has 9 atom stereocenters. The van der Waals surface area contributed by atoms with E-state index in [9.17, 15) is 4.79 Å². The standard InChI is InChI=1S/C29H51NO2/c1-19(2)7-6-8-20(3)24-11-12-25-23-10-9-21-17-22(32-27(31)18-30)13-15-28(21,4)26(23)14-16-29(24,25)5/h19-26H,6-18,30H2,1-5H3/t20?,21-,22?,23-,24+,25-,26-,28-,29+/m0/s1. The molecule has 0 spiro atoms. The maximum absolute atomic E-state index is 11.7. The lowest BCUT2D eigenvalue weighted by atomic mass is 9.44. The first-order valence-corrected chi connectivity index (χ1v) is 14.1. The van der Waals surface area contributed by atoms with Gasteiger partial charge in [-0.25, -0.2) is 0 Å². The van der Waals surface area contributed by atoms with Gasteiger partial charge >= 0.3 is 5.97 Å². The van der Waals surface area contributed by atoms with Crippen molar-refractivity contribution in [2.45, 2.75) is 118 Å². The molecule has 2 unspecified atom stereocenters. The first-order valence-electron chi connectivity index (χ1n) is 14.1. The van der Waals surface area contributed by atoms with Crippen LogP contribution < -0.4 is 5.73 Å². The molecule has 3 heteroatoms. The lowest BCUT2D eigenvalue weighted by Crippen LogP contribution is -2.54. The van der Waals surface area contributed by atoms with Gasteiger partial charge in [-0.15, -0.1) is 0 Å². The van der Waals surface area contributed by atoms with Crippen molar-refractivity contribution in [2.24, 2.45) is 58.0 Å². The van der Waals surface area contributed by atoms with Crippen molar-refractivity contribution in [3.8, 4) is 0 Å². The predicted molar refractivity (Wildman–Crippen MR) is 132 cm³/mol. The van der Waals surface area contributed by atoms with E-state index in [1.54, 1.807) is 0 Å². The molecule has 4 saturated carbocycles. The smallest absolute Gasteiger partial charge is 0.319 e. The third kappa shape index (κ3) is 4.41. The van der Waals surface area contributed by atoms with Crippen molar-refractivity contribution in [3.05, 3.63) is 0 Å². The van der Waals surface area contributed by atoms with Crippen molar-refractivity contribution >= 4 is 5.97 Å². The van der Waals surface area contributed by atoms with E-state index in [4.69, 9.17) is 10.5 Å². The average molecular weight is 446 g/mol. The number of hydrogen-bond donors (Lipinski definition) is 1. The zero-order valence-corrected chi connectivity index (χ0v) is 21.7. The van der Waals surface area contributed by atoms with Crippen LogP contribution in [0.25, 0.3) is 0 Å². The van der Waals surface area contributed by atoms with E-state index in [-0.39, 0.29) is 18.6 Å². The van der Waals surface area contributed by atoms with Gasteiger partial charge in [0.2, 0.25) is 0 Å². The molecule has 3 nitrogen and oxygen atoms in total. The molecule has 0 amide bonds. The number of nitrogens with two attached hydrogens (primary N) is 1. The molecule has 0 saturated heterocycles. The monoisotopic (exact) mass is 445 g/mol. The van der Waals surface area contributed by atoms with Crippen molar-refractivity contribution in [3.63, 3.8) is 0 Å². The normalized spacial score (nSPS) is 44.5. The Morgan fingerprint density at radius 1 is 0.938 bits per heavy atom. The number of esters is 1. The van der Waals surface area contributed by atoms with Gasteiger partial charge in [-0.2, -0.15) is 0 Å². The third-order valence-corrected chi connectivity index (χ3v) is 11.3. The molecule has 0 heterocycles. The summed E-state index contributed by atoms with van der Waals surface area (Å²) in [7, 11) is 0. The van der Waals surface area contributed by atoms with Crippen LogP contribution in [0.2, 0.25) is 0 Å². The summed E-state index contributed by atoms with van der Waals surface area (Å²) in [4.78, 5) is 11.7. The minimum atomic E-state index is -0.222. The number of ether oxygens (including phenoxy) is 1. The van der Waals surface area contributed by atoms with Crippen molar-refractivity contribution in [1.29, 1.82) is 0 Å². The lowest BCUT2D eigenvalue weighted by molar-refractivity contribution is -0.161. The zero-order chi connectivity index (χ0) is 23.1. The first kappa shape index (κ1) is 24.6. The van der Waals surface area contributed by atoms with E-state index in [1.807, 2.05) is 0 Å². The van der Waals surface area contributed by atoms with E-state index < -0.39 is 0 Å². The minimum absolute atomic E-state index is 0.0143. The summed E-state index contributed by atoms with van der Waals surface area (Å²) < 4.78 is 5.68. The van der Waals surface area contributed by atoms with Crippen LogP contribution in [0, 0.1) is 52.3 Å². The summed E-state index contributed by atoms with van der Waals surface area (Å²) in [5, 5.41) is 0. The molecule has 0 bridgehead atoms. The van der Waals surface area contributed by atoms with E-state index >= 15 is 0 Å². The highest BCUT2D eigenvalue weighted by Crippen LogP contribution is 2.68. The summed E-state index contributed by atoms with van der Waals surface area (Å²) in [6.45, 7) is 12.6. The minimum Gasteiger partial charge on any atom is -0.461 e. The second-order valence-electron chi connectivity index (χ2n) is 13.3. The fourth-order valence-corrected chi connectivity index (χ4v) is 9.58. The fourth-order valence-electron chi connectivity index (χ4n) is 9.58. The Hall–Kier alpha value is -0.570. The Morgan fingerprint density at radius 3 is 2.38 bits per heavy atom. The van der Waals surface area contributed by atoms with Crippen LogP contribution in [0.15, 0.2) is 0 Å². The molecule has 0 aromatic heterocycles. The molecule has 4 rings (SSSR count). The van der Waals surface area contributed by atoms with Gasteiger partial charge < -0.3 is 10.5 Å². The van der Waals surface area contributed by atoms with Crippen LogP contribution in [0.3, 0.4) is 0 Å². The Morgan fingerprint density at radius 2 is 1.66 bits per heavy atom. The molecule has 4 aliphatic carbocycles. The molecule has 0 aliphatic heterocycles. The summed E-state index contributed by atoms with van der Waals surface area (Å²) in [5.41, 5.74) is 6.53. The molecule has 0 aromatic carbocycles. The number of carbonyl (C=O) groups excluding carboxylic acids is 1. The number of hydrogen-bond acceptors (Lipinski definition) is 3. The van der Waals surface area contributed by atoms with E-state index in [0.717, 1.165) is 54.3 Å². The molecule has 184 valence electrons. The Bertz CT molecular complexity index is 662. The summed E-state index contributed by atoms with van der Waals surface area (Å²) in [6.07, 6.45) is 16.3. The van der Waals surface area contributed by atoms with E-state index in [0.29, 0.717) is 10.8 Å². The van der Waals surface area contributed by atoms with E-state index in [1.165, 1.54) is 64.2 Å². The average Bonchev–Trinajstić information content (AvgIpc) is 3.11. The molecule has 32 heavy (non-hydrogen) atoms. The summed E-state index contributed by atoms with van der Waals surface area (Å²) in [6, 6.07) is 0. The van der Waals surface area contributed by atoms with Gasteiger partial charge in [-0.3, -0.25) is 4.79 Å². The van der Waals surface area contributed by atoms with Gasteiger partial charge in [0.15, 0.2) is 0 Å². The van der Waals surface area contributed by atoms with Crippen LogP contribution in [0.1, 0.15) is 112 Å². The summed E-state index contributed by atoms with van der Waals surface area (Å²) >= 11 is 0. The van der Waals surface area contributed by atoms with Crippen molar-refractivity contribution in [2.75, 3.05) is 6.54 Å². The van der Waals surface area contributed by atoms with Gasteiger partial charge in [0.05, 0.1) is 6.54 Å². The largest absolute Gasteiger partial charge is 0.461 e. The van der Waals surface area contributed by atoms with Gasteiger partial charge in [-0.05, 0) is 110 Å². The Kier molecular flexibility index (Phi) is 7.36. The van der Waals surface area contributed by atoms with Crippen molar-refractivity contribution in [1.82, 2.24) is 0 Å². The first-order chi connectivity index (χ1) is 15.2. The lowest BCUT2D eigenvalue weighted by Gasteiger charge is -2.61. The molecule has 4 aliphatic rings. The zero-order valence-electron chi connectivity index (χ0n) is 21.7. The van der Waals surface area contributed by atoms with Crippen LogP contribution in [0.4, 0.5) is 0 Å². The van der Waals surface area contributed by atoms with Gasteiger partial charge in [-0.1, -0.05) is 53.9 Å². The van der Waals surface area contributed by atoms with Crippen LogP contribution in [0.5, 0.6) is 0 Å². The Balaban J connectivity index is 1.42. The van der Waals surface area contributed by atoms with Crippen LogP contribution in [-0.2, 0) is 9.53 Å². The number of carbonyl (C=O) groups is 1. The molecule has 0 radical (unpaired) electrons. The summed E-state index contributed by atoms with van der Waals surface area (Å²) in [5.74, 6) is 5.95. The van der Waals surface area contributed by atoms with Crippen LogP contribution >= 0.6 is 0 Å². The SMILES string of the molecule is CC(C)CCCC(C)[C@H]1CC[C@H]2[C@@H]3CC[C@H]4CC(OC(=O)CN)CC[C@]4(C)[C@H]3CC[C@]12C. The Labute approximate surface area is 198 Å². The number of rotatable bonds is 7. The molecular formula is C29H51NO2. The second-order valence-corrected chi connectivity index (χ2v) is 13.3. The topological polar surface area (TPSA) is 52.3 Å².